The molecule has 3 N–H and O–H groups in total. The Labute approximate surface area is 116 Å². The van der Waals surface area contributed by atoms with Crippen LogP contribution in [-0.4, -0.2) is 59.1 Å². The molecule has 2 heterocycles. The van der Waals surface area contributed by atoms with Gasteiger partial charge in [0.15, 0.2) is 0 Å². The van der Waals surface area contributed by atoms with Crippen LogP contribution >= 0.6 is 0 Å². The van der Waals surface area contributed by atoms with Gasteiger partial charge in [0.1, 0.15) is 0 Å². The first-order chi connectivity index (χ1) is 9.49. The second kappa shape index (κ2) is 6.21. The maximum atomic E-state index is 12.2. The maximum Gasteiger partial charge on any atom is 0.309 e. The van der Waals surface area contributed by atoms with E-state index in [1.165, 1.54) is 4.90 Å². The molecule has 3 unspecified atom stereocenters. The highest BCUT2D eigenvalue weighted by atomic mass is 16.4. The molecule has 1 amide bonds. The van der Waals surface area contributed by atoms with Crippen molar-refractivity contribution >= 4 is 17.8 Å². The van der Waals surface area contributed by atoms with Crippen molar-refractivity contribution in [2.24, 2.45) is 17.8 Å². The molecule has 0 aromatic heterocycles. The highest BCUT2D eigenvalue weighted by Gasteiger charge is 2.40. The van der Waals surface area contributed by atoms with Gasteiger partial charge in [-0.25, -0.2) is 0 Å². The molecular weight excluding hydrogens is 264 g/mol. The number of hydrogen-bond acceptors (Lipinski definition) is 4. The number of rotatable bonds is 4. The molecule has 3 atom stereocenters. The maximum absolute atomic E-state index is 12.2. The Hall–Kier alpha value is -1.63. The number of amides is 1. The quantitative estimate of drug-likeness (QED) is 0.649. The molecule has 20 heavy (non-hydrogen) atoms. The van der Waals surface area contributed by atoms with Crippen LogP contribution in [0.1, 0.15) is 19.3 Å². The minimum atomic E-state index is -1.14. The lowest BCUT2D eigenvalue weighted by molar-refractivity contribution is -0.159. The third kappa shape index (κ3) is 3.27. The third-order valence-electron chi connectivity index (χ3n) is 4.23. The largest absolute Gasteiger partial charge is 0.481 e. The summed E-state index contributed by atoms with van der Waals surface area (Å²) in [7, 11) is 0. The van der Waals surface area contributed by atoms with Crippen LogP contribution in [0.2, 0.25) is 0 Å². The fraction of sp³-hybridized carbons (Fsp3) is 0.769. The van der Waals surface area contributed by atoms with E-state index in [0.717, 1.165) is 19.5 Å². The summed E-state index contributed by atoms with van der Waals surface area (Å²) in [6.07, 6.45) is 1.58. The van der Waals surface area contributed by atoms with Crippen LogP contribution in [-0.2, 0) is 14.4 Å². The van der Waals surface area contributed by atoms with Gasteiger partial charge in [0.05, 0.1) is 11.8 Å². The Kier molecular flexibility index (Phi) is 4.59. The van der Waals surface area contributed by atoms with E-state index in [-0.39, 0.29) is 18.9 Å². The standard InChI is InChI=1S/C13H20N2O5/c16-11(5-8-1-3-14-6-8)15-4-2-9(12(17)18)10(7-15)13(19)20/h8-10,14H,1-7H2,(H,17,18)(H,19,20). The number of carboxylic acid groups (broad SMARTS) is 2. The van der Waals surface area contributed by atoms with Crippen LogP contribution < -0.4 is 5.32 Å². The number of nitrogens with one attached hydrogen (secondary N) is 1. The van der Waals surface area contributed by atoms with E-state index in [0.29, 0.717) is 18.9 Å². The summed E-state index contributed by atoms with van der Waals surface area (Å²) >= 11 is 0. The molecule has 0 aromatic rings. The van der Waals surface area contributed by atoms with Crippen LogP contribution in [0.5, 0.6) is 0 Å². The molecule has 112 valence electrons. The van der Waals surface area contributed by atoms with Gasteiger partial charge in [-0.1, -0.05) is 0 Å². The summed E-state index contributed by atoms with van der Waals surface area (Å²) in [4.78, 5) is 35.9. The molecule has 0 spiro atoms. The molecule has 0 aliphatic carbocycles. The number of aliphatic carboxylic acids is 2. The Morgan fingerprint density at radius 1 is 1.10 bits per heavy atom. The van der Waals surface area contributed by atoms with Gasteiger partial charge in [0, 0.05) is 19.5 Å². The number of hydrogen-bond donors (Lipinski definition) is 3. The number of nitrogens with zero attached hydrogens (tertiary/aromatic N) is 1. The molecule has 0 aromatic carbocycles. The summed E-state index contributed by atoms with van der Waals surface area (Å²) in [5.41, 5.74) is 0. The highest BCUT2D eigenvalue weighted by molar-refractivity contribution is 5.82. The highest BCUT2D eigenvalue weighted by Crippen LogP contribution is 2.26. The lowest BCUT2D eigenvalue weighted by Gasteiger charge is -2.35. The number of carbonyl (C=O) groups is 3. The van der Waals surface area contributed by atoms with Crippen LogP contribution in [0.25, 0.3) is 0 Å². The number of carbonyl (C=O) groups excluding carboxylic acids is 1. The van der Waals surface area contributed by atoms with E-state index in [1.807, 2.05) is 0 Å². The zero-order valence-corrected chi connectivity index (χ0v) is 11.2. The Morgan fingerprint density at radius 2 is 1.80 bits per heavy atom. The average molecular weight is 284 g/mol. The second-order valence-corrected chi connectivity index (χ2v) is 5.58. The fourth-order valence-electron chi connectivity index (χ4n) is 2.99. The molecule has 7 heteroatoms. The molecular formula is C13H20N2O5. The molecule has 2 aliphatic rings. The molecule has 2 fully saturated rings. The van der Waals surface area contributed by atoms with Crippen molar-refractivity contribution in [1.82, 2.24) is 10.2 Å². The van der Waals surface area contributed by atoms with Crippen molar-refractivity contribution in [3.05, 3.63) is 0 Å². The van der Waals surface area contributed by atoms with E-state index in [4.69, 9.17) is 10.2 Å². The van der Waals surface area contributed by atoms with Gasteiger partial charge < -0.3 is 20.4 Å². The molecule has 0 saturated carbocycles. The van der Waals surface area contributed by atoms with Gasteiger partial charge in [0.25, 0.3) is 0 Å². The van der Waals surface area contributed by atoms with Gasteiger partial charge in [-0.2, -0.15) is 0 Å². The first-order valence-electron chi connectivity index (χ1n) is 6.93. The monoisotopic (exact) mass is 284 g/mol. The Bertz CT molecular complexity index is 406. The molecule has 0 bridgehead atoms. The Morgan fingerprint density at radius 3 is 2.35 bits per heavy atom. The van der Waals surface area contributed by atoms with Gasteiger partial charge in [-0.15, -0.1) is 0 Å². The predicted octanol–water partition coefficient (Wildman–Crippen LogP) is -0.380. The second-order valence-electron chi connectivity index (χ2n) is 5.58. The van der Waals surface area contributed by atoms with E-state index >= 15 is 0 Å². The van der Waals surface area contributed by atoms with Crippen LogP contribution in [0.15, 0.2) is 0 Å². The average Bonchev–Trinajstić information content (AvgIpc) is 2.90. The first-order valence-corrected chi connectivity index (χ1v) is 6.93. The minimum absolute atomic E-state index is 0.00524. The van der Waals surface area contributed by atoms with Crippen LogP contribution in [0.3, 0.4) is 0 Å². The molecule has 2 saturated heterocycles. The normalized spacial score (nSPS) is 30.2. The topological polar surface area (TPSA) is 107 Å². The zero-order valence-electron chi connectivity index (χ0n) is 11.2. The smallest absolute Gasteiger partial charge is 0.309 e. The van der Waals surface area contributed by atoms with E-state index < -0.39 is 23.8 Å². The van der Waals surface area contributed by atoms with Gasteiger partial charge in [0.2, 0.25) is 5.91 Å². The lowest BCUT2D eigenvalue weighted by Crippen LogP contribution is -2.49. The summed E-state index contributed by atoms with van der Waals surface area (Å²) < 4.78 is 0. The van der Waals surface area contributed by atoms with Gasteiger partial charge >= 0.3 is 11.9 Å². The van der Waals surface area contributed by atoms with Crippen molar-refractivity contribution in [1.29, 1.82) is 0 Å². The summed E-state index contributed by atoms with van der Waals surface area (Å²) in [6, 6.07) is 0. The van der Waals surface area contributed by atoms with E-state index in [1.54, 1.807) is 0 Å². The third-order valence-corrected chi connectivity index (χ3v) is 4.23. The van der Waals surface area contributed by atoms with Gasteiger partial charge in [-0.05, 0) is 31.8 Å². The van der Waals surface area contributed by atoms with Crippen molar-refractivity contribution in [2.75, 3.05) is 26.2 Å². The molecule has 2 rings (SSSR count). The SMILES string of the molecule is O=C(O)C1CCN(C(=O)CC2CCNC2)CC1C(=O)O. The van der Waals surface area contributed by atoms with Crippen LogP contribution in [0, 0.1) is 17.8 Å². The molecule has 2 aliphatic heterocycles. The van der Waals surface area contributed by atoms with Crippen molar-refractivity contribution in [3.63, 3.8) is 0 Å². The lowest BCUT2D eigenvalue weighted by atomic mass is 9.85. The van der Waals surface area contributed by atoms with Crippen LogP contribution in [0.4, 0.5) is 0 Å². The predicted molar refractivity (Wildman–Crippen MR) is 69.0 cm³/mol. The van der Waals surface area contributed by atoms with Crippen molar-refractivity contribution < 1.29 is 24.6 Å². The number of likely N-dealkylation sites (tertiary alicyclic amines) is 1. The minimum Gasteiger partial charge on any atom is -0.481 e. The van der Waals surface area contributed by atoms with Crippen molar-refractivity contribution in [2.45, 2.75) is 19.3 Å². The number of piperidine rings is 1. The molecule has 0 radical (unpaired) electrons. The van der Waals surface area contributed by atoms with Gasteiger partial charge in [-0.3, -0.25) is 14.4 Å². The Balaban J connectivity index is 1.95. The van der Waals surface area contributed by atoms with E-state index in [2.05, 4.69) is 5.32 Å². The number of carboxylic acids is 2. The fourth-order valence-corrected chi connectivity index (χ4v) is 2.99. The summed E-state index contributed by atoms with van der Waals surface area (Å²) in [5, 5.41) is 21.4. The summed E-state index contributed by atoms with van der Waals surface area (Å²) in [5.74, 6) is -3.89. The molecule has 7 nitrogen and oxygen atoms in total. The van der Waals surface area contributed by atoms with Crippen molar-refractivity contribution in [3.8, 4) is 0 Å². The summed E-state index contributed by atoms with van der Waals surface area (Å²) in [6.45, 7) is 2.07. The first kappa shape index (κ1) is 14.8. The van der Waals surface area contributed by atoms with E-state index in [9.17, 15) is 14.4 Å². The zero-order chi connectivity index (χ0) is 14.7.